The summed E-state index contributed by atoms with van der Waals surface area (Å²) in [6.45, 7) is 5.49. The van der Waals surface area contributed by atoms with Crippen LogP contribution >= 0.6 is 0 Å². The molecular weight excluding hydrogens is 338 g/mol. The number of ether oxygens (including phenoxy) is 1. The zero-order chi connectivity index (χ0) is 18.9. The summed E-state index contributed by atoms with van der Waals surface area (Å²) in [6, 6.07) is 14.3. The highest BCUT2D eigenvalue weighted by molar-refractivity contribution is 5.76. The van der Waals surface area contributed by atoms with Crippen molar-refractivity contribution in [2.75, 3.05) is 19.7 Å². The van der Waals surface area contributed by atoms with E-state index in [1.54, 1.807) is 0 Å². The lowest BCUT2D eigenvalue weighted by molar-refractivity contribution is -0.122. The molecule has 5 nitrogen and oxygen atoms in total. The summed E-state index contributed by atoms with van der Waals surface area (Å²) in [5.41, 5.74) is 2.20. The van der Waals surface area contributed by atoms with E-state index in [-0.39, 0.29) is 11.9 Å². The number of amides is 1. The zero-order valence-electron chi connectivity index (χ0n) is 16.1. The van der Waals surface area contributed by atoms with Crippen molar-refractivity contribution in [3.05, 3.63) is 59.9 Å². The van der Waals surface area contributed by atoms with Gasteiger partial charge in [0.15, 0.2) is 0 Å². The first-order valence-electron chi connectivity index (χ1n) is 9.87. The van der Waals surface area contributed by atoms with E-state index < -0.39 is 0 Å². The van der Waals surface area contributed by atoms with Gasteiger partial charge in [0.2, 0.25) is 5.91 Å². The van der Waals surface area contributed by atoms with Gasteiger partial charge >= 0.3 is 0 Å². The number of para-hydroxylation sites is 1. The van der Waals surface area contributed by atoms with Gasteiger partial charge in [-0.2, -0.15) is 0 Å². The number of hydrogen-bond donors (Lipinski definition) is 1. The molecule has 0 unspecified atom stereocenters. The summed E-state index contributed by atoms with van der Waals surface area (Å²) in [7, 11) is 0. The molecule has 1 saturated heterocycles. The third kappa shape index (κ3) is 6.07. The molecule has 2 aromatic rings. The molecule has 0 aliphatic carbocycles. The summed E-state index contributed by atoms with van der Waals surface area (Å²) in [6.07, 6.45) is 5.03. The number of likely N-dealkylation sites (tertiary alicyclic amines) is 1. The van der Waals surface area contributed by atoms with Crippen LogP contribution in [-0.4, -0.2) is 41.5 Å². The van der Waals surface area contributed by atoms with Crippen molar-refractivity contribution in [1.82, 2.24) is 15.2 Å². The first-order chi connectivity index (χ1) is 13.2. The van der Waals surface area contributed by atoms with Crippen molar-refractivity contribution in [1.29, 1.82) is 0 Å². The van der Waals surface area contributed by atoms with Crippen LogP contribution in [0.25, 0.3) is 0 Å². The molecule has 3 rings (SSSR count). The Bertz CT molecular complexity index is 713. The summed E-state index contributed by atoms with van der Waals surface area (Å²) in [5.74, 6) is 1.01. The second-order valence-corrected chi connectivity index (χ2v) is 6.98. The Labute approximate surface area is 161 Å². The number of piperidine rings is 1. The molecule has 27 heavy (non-hydrogen) atoms. The average Bonchev–Trinajstić information content (AvgIpc) is 2.70. The van der Waals surface area contributed by atoms with Gasteiger partial charge in [-0.25, -0.2) is 0 Å². The quantitative estimate of drug-likeness (QED) is 0.778. The molecule has 1 aliphatic heterocycles. The number of hydrogen-bond acceptors (Lipinski definition) is 4. The smallest absolute Gasteiger partial charge is 0.220 e. The molecular formula is C22H29N3O2. The number of carbonyl (C=O) groups excluding carboxylic acids is 1. The molecule has 0 bridgehead atoms. The number of benzene rings is 1. The number of nitrogens with zero attached hydrogens (tertiary/aromatic N) is 2. The van der Waals surface area contributed by atoms with E-state index in [1.807, 2.05) is 49.5 Å². The highest BCUT2D eigenvalue weighted by Crippen LogP contribution is 2.20. The minimum atomic E-state index is 0.129. The van der Waals surface area contributed by atoms with Crippen LogP contribution in [0, 0.1) is 0 Å². The molecule has 1 N–H and O–H groups in total. The number of carbonyl (C=O) groups is 1. The molecule has 0 saturated carbocycles. The fraction of sp³-hybridized carbons (Fsp3) is 0.455. The molecule has 144 valence electrons. The minimum absolute atomic E-state index is 0.129. The molecule has 2 heterocycles. The molecule has 0 atom stereocenters. The van der Waals surface area contributed by atoms with Crippen LogP contribution in [0.3, 0.4) is 0 Å². The summed E-state index contributed by atoms with van der Waals surface area (Å²) in [5, 5.41) is 3.20. The fourth-order valence-electron chi connectivity index (χ4n) is 3.51. The van der Waals surface area contributed by atoms with E-state index in [4.69, 9.17) is 4.74 Å². The second kappa shape index (κ2) is 10.1. The van der Waals surface area contributed by atoms with E-state index in [0.29, 0.717) is 19.4 Å². The topological polar surface area (TPSA) is 54.5 Å². The van der Waals surface area contributed by atoms with E-state index >= 15 is 0 Å². The van der Waals surface area contributed by atoms with Gasteiger partial charge in [-0.3, -0.25) is 14.7 Å². The summed E-state index contributed by atoms with van der Waals surface area (Å²) >= 11 is 0. The van der Waals surface area contributed by atoms with Gasteiger partial charge < -0.3 is 10.1 Å². The van der Waals surface area contributed by atoms with Crippen LogP contribution < -0.4 is 10.1 Å². The SMILES string of the molecule is CCOc1ccccc1CCC(=O)NC1CCN(Cc2ccccn2)CC1. The van der Waals surface area contributed by atoms with Gasteiger partial charge in [0, 0.05) is 38.3 Å². The molecule has 5 heteroatoms. The van der Waals surface area contributed by atoms with E-state index in [0.717, 1.165) is 49.5 Å². The number of nitrogens with one attached hydrogen (secondary N) is 1. The minimum Gasteiger partial charge on any atom is -0.494 e. The van der Waals surface area contributed by atoms with Gasteiger partial charge in [0.05, 0.1) is 12.3 Å². The van der Waals surface area contributed by atoms with Gasteiger partial charge in [0.25, 0.3) is 0 Å². The molecule has 1 fully saturated rings. The maximum Gasteiger partial charge on any atom is 0.220 e. The van der Waals surface area contributed by atoms with Crippen LogP contribution in [0.15, 0.2) is 48.7 Å². The molecule has 0 spiro atoms. The average molecular weight is 367 g/mol. The molecule has 0 radical (unpaired) electrons. The third-order valence-corrected chi connectivity index (χ3v) is 4.96. The lowest BCUT2D eigenvalue weighted by Gasteiger charge is -2.32. The summed E-state index contributed by atoms with van der Waals surface area (Å²) < 4.78 is 5.64. The maximum atomic E-state index is 12.4. The molecule has 1 amide bonds. The molecule has 1 aromatic heterocycles. The predicted octanol–water partition coefficient (Wildman–Crippen LogP) is 3.19. The predicted molar refractivity (Wildman–Crippen MR) is 107 cm³/mol. The number of pyridine rings is 1. The number of rotatable bonds is 8. The largest absolute Gasteiger partial charge is 0.494 e. The maximum absolute atomic E-state index is 12.4. The molecule has 1 aliphatic rings. The van der Waals surface area contributed by atoms with Crippen LogP contribution in [0.2, 0.25) is 0 Å². The Kier molecular flexibility index (Phi) is 7.22. The van der Waals surface area contributed by atoms with Crippen molar-refractivity contribution < 1.29 is 9.53 Å². The Morgan fingerprint density at radius 1 is 1.19 bits per heavy atom. The monoisotopic (exact) mass is 367 g/mol. The van der Waals surface area contributed by atoms with Gasteiger partial charge in [-0.15, -0.1) is 0 Å². The van der Waals surface area contributed by atoms with Crippen molar-refractivity contribution in [2.24, 2.45) is 0 Å². The molecule has 1 aromatic carbocycles. The van der Waals surface area contributed by atoms with Crippen molar-refractivity contribution in [3.8, 4) is 5.75 Å². The Balaban J connectivity index is 1.39. The lowest BCUT2D eigenvalue weighted by atomic mass is 10.0. The number of aryl methyl sites for hydroxylation is 1. The van der Waals surface area contributed by atoms with E-state index in [1.165, 1.54) is 0 Å². The Hall–Kier alpha value is -2.40. The fourth-order valence-corrected chi connectivity index (χ4v) is 3.51. The first kappa shape index (κ1) is 19.4. The van der Waals surface area contributed by atoms with Crippen molar-refractivity contribution in [2.45, 2.75) is 45.2 Å². The van der Waals surface area contributed by atoms with Gasteiger partial charge in [0.1, 0.15) is 5.75 Å². The van der Waals surface area contributed by atoms with Crippen LogP contribution in [0.5, 0.6) is 5.75 Å². The second-order valence-electron chi connectivity index (χ2n) is 6.98. The van der Waals surface area contributed by atoms with E-state index in [9.17, 15) is 4.79 Å². The lowest BCUT2D eigenvalue weighted by Crippen LogP contribution is -2.44. The highest BCUT2D eigenvalue weighted by atomic mass is 16.5. The normalized spacial score (nSPS) is 15.4. The first-order valence-corrected chi connectivity index (χ1v) is 9.87. The Morgan fingerprint density at radius 3 is 2.70 bits per heavy atom. The standard InChI is InChI=1S/C22H29N3O2/c1-2-27-21-9-4-3-7-18(21)10-11-22(26)24-19-12-15-25(16-13-19)17-20-8-5-6-14-23-20/h3-9,14,19H,2,10-13,15-17H2,1H3,(H,24,26). The van der Waals surface area contributed by atoms with Gasteiger partial charge in [-0.1, -0.05) is 24.3 Å². The van der Waals surface area contributed by atoms with Crippen LogP contribution in [-0.2, 0) is 17.8 Å². The van der Waals surface area contributed by atoms with Crippen molar-refractivity contribution in [3.63, 3.8) is 0 Å². The third-order valence-electron chi connectivity index (χ3n) is 4.96. The van der Waals surface area contributed by atoms with Crippen LogP contribution in [0.4, 0.5) is 0 Å². The van der Waals surface area contributed by atoms with E-state index in [2.05, 4.69) is 21.3 Å². The highest BCUT2D eigenvalue weighted by Gasteiger charge is 2.21. The number of aromatic nitrogens is 1. The summed E-state index contributed by atoms with van der Waals surface area (Å²) in [4.78, 5) is 19.1. The zero-order valence-corrected chi connectivity index (χ0v) is 16.1. The van der Waals surface area contributed by atoms with Crippen LogP contribution in [0.1, 0.15) is 37.4 Å². The Morgan fingerprint density at radius 2 is 1.96 bits per heavy atom. The van der Waals surface area contributed by atoms with Crippen molar-refractivity contribution >= 4 is 5.91 Å². The van der Waals surface area contributed by atoms with Gasteiger partial charge in [-0.05, 0) is 49.9 Å².